The van der Waals surface area contributed by atoms with Crippen LogP contribution in [0.15, 0.2) is 91.0 Å². The van der Waals surface area contributed by atoms with E-state index in [4.69, 9.17) is 88.3 Å². The summed E-state index contributed by atoms with van der Waals surface area (Å²) in [5.74, 6) is 9.69. The van der Waals surface area contributed by atoms with Crippen molar-refractivity contribution in [1.82, 2.24) is 79.7 Å². The molecule has 0 bridgehead atoms. The van der Waals surface area contributed by atoms with E-state index in [1.165, 1.54) is 77.7 Å². The number of methoxy groups -OCH3 is 1. The molecule has 9 aliphatic rings. The summed E-state index contributed by atoms with van der Waals surface area (Å²) >= 11 is 17.5. The number of carbonyl (C=O) groups excluding carboxylic acids is 1. The zero-order chi connectivity index (χ0) is 93.3. The lowest BCUT2D eigenvalue weighted by Gasteiger charge is -2.23. The molecule has 8 aromatic heterocycles. The van der Waals surface area contributed by atoms with Crippen molar-refractivity contribution in [2.45, 2.75) is 194 Å². The first kappa shape index (κ1) is 99.2. The summed E-state index contributed by atoms with van der Waals surface area (Å²) in [6, 6.07) is 27.4. The zero-order valence-corrected chi connectivity index (χ0v) is 80.1. The fraction of sp³-hybridized carbons (Fsp3) is 0.515. The number of nitrogens with zero attached hydrogens (tertiary/aromatic N) is 24. The molecule has 3 unspecified atom stereocenters. The van der Waals surface area contributed by atoms with Crippen LogP contribution in [0.1, 0.15) is 210 Å². The predicted octanol–water partition coefficient (Wildman–Crippen LogP) is 15.7. The number of halogens is 3. The highest BCUT2D eigenvalue weighted by atomic mass is 35.5. The van der Waals surface area contributed by atoms with E-state index in [0.29, 0.717) is 60.3 Å². The highest BCUT2D eigenvalue weighted by molar-refractivity contribution is 6.29. The minimum Gasteiger partial charge on any atom is -0.464 e. The Morgan fingerprint density at radius 2 is 0.657 bits per heavy atom. The average Bonchev–Trinajstić information content (AvgIpc) is 1.18. The van der Waals surface area contributed by atoms with Crippen molar-refractivity contribution in [2.24, 2.45) is 0 Å². The molecule has 34 nitrogen and oxygen atoms in total. The Balaban J connectivity index is 0.000000132. The smallest absolute Gasteiger partial charge is 0.356 e. The van der Waals surface area contributed by atoms with E-state index in [9.17, 15) is 9.90 Å². The molecule has 0 radical (unpaired) electrons. The molecule has 2 aromatic carbocycles. The number of carbonyl (C=O) groups is 1. The standard InChI is InChI=1S/C26H32N6O2.C21H24N6O.C17H25N3O2.C14H20ClN3O2.C10H12ClN3O2.C9H12ClN3O/c1-31(2)26-20-9-3-4-10-21(20)28-23(30-26)13-12-22-27-19(18-34-25-11-5-8-16-33-25)17-24(29-22)32-14-6-7-15-32;1-26(2)21-16-7-3-4-8-17(16)23-19(25-21)10-9-18-22-15(14-28)13-20(24-18)27-11-5-6-12-27;1-2-7-15-18-14(13-22-17-8-3-6-11-21-17)12-16(19-15)20-9-4-5-10-20;15-14-16-11(10-20-13-5-1-4-8-19-13)9-12(17-14)18-6-2-3-7-18;1-16-9(15)7-6-8(13-10(11)12-7)14-4-2-3-5-14;10-9-11-7(6-14)5-8(12-9)13-3-1-2-4-13/h3-4,9-10,12-13,17,25H,5-8,11,14-16,18H2,1-2H3;3-4,7-10,13,28H,5-6,11-12,14H2,1-2H3;2,7,12,17H,3-6,8-11,13H2,1H3;9,13H,1-8,10H2;6H,2-5H2,1H3;5,14H,1-4,6H2/b13-12+;10-9+;7-2+;;;. The summed E-state index contributed by atoms with van der Waals surface area (Å²) in [6.45, 7) is 17.6. The molecule has 0 spiro atoms. The molecule has 2 N–H and O–H groups in total. The molecule has 3 atom stereocenters. The Bertz CT molecular complexity index is 5500. The second-order valence-electron chi connectivity index (χ2n) is 34.2. The SMILES string of the molecule is C/C=C/c1nc(COC2CCCCO2)cc(N2CCCC2)n1.CN(C)c1nc(/C=C/c2nc(CO)cc(N3CCCC3)n2)nc2ccccc12.CN(C)c1nc(/C=C/c2nc(COC3CCCCO3)cc(N3CCCC3)n2)nc2ccccc12.COC(=O)c1cc(N2CCCC2)nc(Cl)n1.Clc1nc(COC2CCCCO2)cc(N2CCCC2)n1.OCc1cc(N2CCCC2)nc(Cl)n1. The normalized spacial score (nSPS) is 18.5. The molecular weight excluding hydrogens is 1770 g/mol. The Morgan fingerprint density at radius 3 is 0.985 bits per heavy atom. The number of benzene rings is 2. The summed E-state index contributed by atoms with van der Waals surface area (Å²) in [6.07, 6.45) is 35.0. The van der Waals surface area contributed by atoms with Crippen LogP contribution >= 0.6 is 34.8 Å². The third-order valence-electron chi connectivity index (χ3n) is 23.6. The van der Waals surface area contributed by atoms with Gasteiger partial charge in [-0.3, -0.25) is 0 Å². The quantitative estimate of drug-likeness (QED) is 0.0396. The van der Waals surface area contributed by atoms with Gasteiger partial charge in [0.05, 0.1) is 79.6 Å². The lowest BCUT2D eigenvalue weighted by Crippen LogP contribution is -2.23. The number of esters is 1. The van der Waals surface area contributed by atoms with Crippen molar-refractivity contribution in [2.75, 3.05) is 173 Å². The van der Waals surface area contributed by atoms with Crippen LogP contribution in [-0.4, -0.2) is 248 Å². The third-order valence-corrected chi connectivity index (χ3v) is 24.1. The van der Waals surface area contributed by atoms with Crippen molar-refractivity contribution >= 4 is 140 Å². The third kappa shape index (κ3) is 29.6. The van der Waals surface area contributed by atoms with Crippen molar-refractivity contribution in [3.05, 3.63) is 170 Å². The minimum atomic E-state index is -0.496. The largest absolute Gasteiger partial charge is 0.464 e. The van der Waals surface area contributed by atoms with Crippen LogP contribution in [0, 0.1) is 0 Å². The maximum absolute atomic E-state index is 11.3. The van der Waals surface area contributed by atoms with Gasteiger partial charge in [-0.15, -0.1) is 0 Å². The van der Waals surface area contributed by atoms with Crippen LogP contribution in [0.5, 0.6) is 0 Å². The molecule has 19 rings (SSSR count). The Labute approximate surface area is 799 Å². The van der Waals surface area contributed by atoms with Crippen LogP contribution in [0.4, 0.5) is 46.5 Å². The van der Waals surface area contributed by atoms with Crippen molar-refractivity contribution in [1.29, 1.82) is 0 Å². The first-order valence-electron chi connectivity index (χ1n) is 47.1. The number of fused-ring (bicyclic) bond motifs is 2. The number of aliphatic hydroxyl groups is 2. The highest BCUT2D eigenvalue weighted by Gasteiger charge is 2.26. The molecular formula is C97H125Cl3N24O10. The number of para-hydroxylation sites is 2. The zero-order valence-electron chi connectivity index (χ0n) is 77.8. The van der Waals surface area contributed by atoms with Gasteiger partial charge in [-0.25, -0.2) is 84.5 Å². The van der Waals surface area contributed by atoms with E-state index in [1.807, 2.05) is 148 Å². The molecule has 134 heavy (non-hydrogen) atoms. The van der Waals surface area contributed by atoms with Gasteiger partial charge in [-0.1, -0.05) is 30.3 Å². The topological polar surface area (TPSA) is 354 Å². The van der Waals surface area contributed by atoms with E-state index in [1.54, 1.807) is 12.1 Å². The summed E-state index contributed by atoms with van der Waals surface area (Å²) in [5, 5.41) is 21.1. The fourth-order valence-electron chi connectivity index (χ4n) is 16.8. The number of hydrogen-bond acceptors (Lipinski definition) is 34. The van der Waals surface area contributed by atoms with Gasteiger partial charge in [0.1, 0.15) is 46.5 Å². The number of aliphatic hydroxyl groups excluding tert-OH is 2. The monoisotopic (exact) mass is 1890 g/mol. The lowest BCUT2D eigenvalue weighted by molar-refractivity contribution is -0.169. The number of anilines is 8. The second-order valence-corrected chi connectivity index (χ2v) is 35.2. The van der Waals surface area contributed by atoms with Gasteiger partial charge in [0.15, 0.2) is 53.7 Å². The number of allylic oxidation sites excluding steroid dienone is 1. The minimum absolute atomic E-state index is 0.0739. The molecule has 17 heterocycles. The van der Waals surface area contributed by atoms with Gasteiger partial charge >= 0.3 is 5.97 Å². The lowest BCUT2D eigenvalue weighted by atomic mass is 10.2. The van der Waals surface area contributed by atoms with E-state index in [0.717, 1.165) is 248 Å². The van der Waals surface area contributed by atoms with Gasteiger partial charge in [0, 0.05) is 174 Å². The first-order valence-corrected chi connectivity index (χ1v) is 48.2. The van der Waals surface area contributed by atoms with E-state index in [2.05, 4.69) is 100 Å². The molecule has 0 saturated carbocycles. The van der Waals surface area contributed by atoms with Crippen molar-refractivity contribution in [3.8, 4) is 0 Å². The maximum atomic E-state index is 11.3. The molecule has 0 aliphatic carbocycles. The first-order chi connectivity index (χ1) is 65.4. The predicted molar refractivity (Wildman–Crippen MR) is 525 cm³/mol. The summed E-state index contributed by atoms with van der Waals surface area (Å²) < 4.78 is 39.1. The molecule has 37 heteroatoms. The van der Waals surface area contributed by atoms with Crippen molar-refractivity contribution in [3.63, 3.8) is 0 Å². The van der Waals surface area contributed by atoms with Crippen LogP contribution in [0.25, 0.3) is 52.2 Å². The van der Waals surface area contributed by atoms with Gasteiger partial charge < -0.3 is 82.6 Å². The number of aromatic nitrogens is 16. The molecule has 9 saturated heterocycles. The summed E-state index contributed by atoms with van der Waals surface area (Å²) in [7, 11) is 9.24. The van der Waals surface area contributed by atoms with E-state index < -0.39 is 5.97 Å². The van der Waals surface area contributed by atoms with Crippen molar-refractivity contribution < 1.29 is 48.2 Å². The molecule has 714 valence electrons. The summed E-state index contributed by atoms with van der Waals surface area (Å²) in [4.78, 5) is 99.8. The van der Waals surface area contributed by atoms with Gasteiger partial charge in [-0.2, -0.15) is 0 Å². The molecule has 10 aromatic rings. The summed E-state index contributed by atoms with van der Waals surface area (Å²) in [5.41, 5.74) is 5.80. The van der Waals surface area contributed by atoms with E-state index in [-0.39, 0.29) is 53.6 Å². The van der Waals surface area contributed by atoms with Crippen LogP contribution in [0.3, 0.4) is 0 Å². The number of hydrogen-bond donors (Lipinski definition) is 2. The number of ether oxygens (including phenoxy) is 7. The van der Waals surface area contributed by atoms with Gasteiger partial charge in [-0.05, 0) is 231 Å². The number of rotatable bonds is 25. The molecule has 9 fully saturated rings. The van der Waals surface area contributed by atoms with Crippen LogP contribution < -0.4 is 39.2 Å². The molecule has 0 amide bonds. The molecule has 9 aliphatic heterocycles. The second kappa shape index (κ2) is 51.3. The van der Waals surface area contributed by atoms with Crippen LogP contribution in [-0.2, 0) is 66.2 Å². The van der Waals surface area contributed by atoms with Crippen LogP contribution in [0.2, 0.25) is 15.9 Å². The van der Waals surface area contributed by atoms with Gasteiger partial charge in [0.2, 0.25) is 15.9 Å². The Hall–Kier alpha value is -10.8. The van der Waals surface area contributed by atoms with E-state index >= 15 is 0 Å². The Kier molecular flexibility index (Phi) is 37.9. The highest BCUT2D eigenvalue weighted by Crippen LogP contribution is 2.31. The maximum Gasteiger partial charge on any atom is 0.356 e. The Morgan fingerprint density at radius 1 is 0.366 bits per heavy atom. The van der Waals surface area contributed by atoms with Gasteiger partial charge in [0.25, 0.3) is 0 Å². The average molecular weight is 1890 g/mol. The fourth-order valence-corrected chi connectivity index (χ4v) is 17.3.